The summed E-state index contributed by atoms with van der Waals surface area (Å²) in [6.07, 6.45) is 1.08. The average Bonchev–Trinajstić information content (AvgIpc) is 3.22. The van der Waals surface area contributed by atoms with Crippen LogP contribution in [0.15, 0.2) is 52.9 Å². The van der Waals surface area contributed by atoms with Gasteiger partial charge in [-0.3, -0.25) is 0 Å². The first-order chi connectivity index (χ1) is 13.2. The lowest BCUT2D eigenvalue weighted by Crippen LogP contribution is -3.11. The van der Waals surface area contributed by atoms with Crippen molar-refractivity contribution in [1.29, 1.82) is 0 Å². The van der Waals surface area contributed by atoms with Gasteiger partial charge in [0, 0.05) is 22.1 Å². The van der Waals surface area contributed by atoms with Gasteiger partial charge in [0.25, 0.3) is 10.7 Å². The molecule has 2 aromatic carbocycles. The summed E-state index contributed by atoms with van der Waals surface area (Å²) in [7, 11) is 0. The second-order valence-corrected chi connectivity index (χ2v) is 8.55. The Morgan fingerprint density at radius 2 is 1.93 bits per heavy atom. The first-order valence-corrected chi connectivity index (χ1v) is 10.4. The minimum absolute atomic E-state index is 0.393. The molecular weight excluding hydrogens is 398 g/mol. The standard InChI is InChI=1S/C20H16ClN3OS2/c21-17-15-7-3-4-8-16(15)27-18(17)19-22-24(20(26)25-19)12-23-10-9-13-5-1-2-6-14(13)11-23/h1-8H,9-12H2/p+1. The molecule has 1 N–H and O–H groups in total. The number of fused-ring (bicyclic) bond motifs is 2. The molecule has 5 rings (SSSR count). The monoisotopic (exact) mass is 414 g/mol. The van der Waals surface area contributed by atoms with Crippen LogP contribution in [0.25, 0.3) is 20.9 Å². The van der Waals surface area contributed by atoms with Crippen LogP contribution < -0.4 is 4.90 Å². The number of rotatable bonds is 3. The third kappa shape index (κ3) is 3.12. The van der Waals surface area contributed by atoms with Crippen molar-refractivity contribution in [2.45, 2.75) is 19.6 Å². The number of nitrogens with zero attached hydrogens (tertiary/aromatic N) is 2. The van der Waals surface area contributed by atoms with Crippen LogP contribution in [0.5, 0.6) is 0 Å². The average molecular weight is 415 g/mol. The fraction of sp³-hybridized carbons (Fsp3) is 0.200. The molecule has 0 spiro atoms. The van der Waals surface area contributed by atoms with E-state index >= 15 is 0 Å². The molecular formula is C20H17ClN3OS2+. The van der Waals surface area contributed by atoms with Gasteiger partial charge in [0.1, 0.15) is 11.4 Å². The van der Waals surface area contributed by atoms with Crippen LogP contribution in [0.2, 0.25) is 5.02 Å². The predicted molar refractivity (Wildman–Crippen MR) is 111 cm³/mol. The van der Waals surface area contributed by atoms with E-state index in [4.69, 9.17) is 28.2 Å². The summed E-state index contributed by atoms with van der Waals surface area (Å²) in [6.45, 7) is 2.73. The van der Waals surface area contributed by atoms with Crippen LogP contribution in [0.1, 0.15) is 11.1 Å². The summed E-state index contributed by atoms with van der Waals surface area (Å²) in [6, 6.07) is 16.7. The van der Waals surface area contributed by atoms with Gasteiger partial charge >= 0.3 is 0 Å². The lowest BCUT2D eigenvalue weighted by atomic mass is 10.0. The van der Waals surface area contributed by atoms with Crippen LogP contribution >= 0.6 is 35.2 Å². The summed E-state index contributed by atoms with van der Waals surface area (Å²) in [5, 5.41) is 6.34. The topological polar surface area (TPSA) is 35.4 Å². The van der Waals surface area contributed by atoms with Crippen LogP contribution in [0, 0.1) is 4.84 Å². The molecule has 4 aromatic rings. The molecule has 7 heteroatoms. The van der Waals surface area contributed by atoms with Crippen molar-refractivity contribution in [1.82, 2.24) is 9.78 Å². The molecule has 0 saturated carbocycles. The number of thiophene rings is 1. The molecule has 0 aliphatic carbocycles. The second-order valence-electron chi connectivity index (χ2n) is 6.77. The van der Waals surface area contributed by atoms with Crippen LogP contribution in [0.3, 0.4) is 0 Å². The van der Waals surface area contributed by atoms with Gasteiger partial charge in [-0.2, -0.15) is 4.68 Å². The highest BCUT2D eigenvalue weighted by molar-refractivity contribution is 7.71. The highest BCUT2D eigenvalue weighted by atomic mass is 35.5. The number of benzene rings is 2. The second kappa shape index (κ2) is 6.87. The number of hydrogen-bond donors (Lipinski definition) is 1. The summed E-state index contributed by atoms with van der Waals surface area (Å²) in [5.74, 6) is 0.503. The van der Waals surface area contributed by atoms with Crippen molar-refractivity contribution in [3.63, 3.8) is 0 Å². The van der Waals surface area contributed by atoms with E-state index in [9.17, 15) is 0 Å². The number of aromatic nitrogens is 2. The Hall–Kier alpha value is -1.99. The molecule has 0 radical (unpaired) electrons. The SMILES string of the molecule is S=c1oc(-c2sc3ccccc3c2Cl)nn1C[NH+]1CCc2ccccc2C1. The van der Waals surface area contributed by atoms with Gasteiger partial charge in [0.2, 0.25) is 0 Å². The summed E-state index contributed by atoms with van der Waals surface area (Å²) in [5.41, 5.74) is 2.85. The molecule has 1 unspecified atom stereocenters. The largest absolute Gasteiger partial charge is 0.408 e. The lowest BCUT2D eigenvalue weighted by molar-refractivity contribution is -0.939. The lowest BCUT2D eigenvalue weighted by Gasteiger charge is -2.25. The molecule has 27 heavy (non-hydrogen) atoms. The Balaban J connectivity index is 1.43. The number of nitrogens with one attached hydrogen (secondary N) is 1. The quantitative estimate of drug-likeness (QED) is 0.506. The van der Waals surface area contributed by atoms with Gasteiger partial charge in [-0.05, 0) is 23.8 Å². The van der Waals surface area contributed by atoms with Crippen molar-refractivity contribution in [3.05, 3.63) is 69.5 Å². The Labute approximate surface area is 170 Å². The van der Waals surface area contributed by atoms with E-state index in [1.54, 1.807) is 16.0 Å². The minimum Gasteiger partial charge on any atom is -0.408 e. The molecule has 0 bridgehead atoms. The minimum atomic E-state index is 0.393. The first kappa shape index (κ1) is 17.1. The summed E-state index contributed by atoms with van der Waals surface area (Å²) >= 11 is 13.6. The van der Waals surface area contributed by atoms with Crippen molar-refractivity contribution < 1.29 is 9.32 Å². The maximum atomic E-state index is 6.56. The Bertz CT molecular complexity index is 1190. The van der Waals surface area contributed by atoms with Gasteiger partial charge in [-0.1, -0.05) is 54.1 Å². The van der Waals surface area contributed by atoms with E-state index in [2.05, 4.69) is 35.4 Å². The van der Waals surface area contributed by atoms with E-state index < -0.39 is 0 Å². The Morgan fingerprint density at radius 1 is 1.15 bits per heavy atom. The van der Waals surface area contributed by atoms with Crippen molar-refractivity contribution in [3.8, 4) is 10.8 Å². The zero-order valence-electron chi connectivity index (χ0n) is 14.4. The summed E-state index contributed by atoms with van der Waals surface area (Å²) < 4.78 is 8.70. The zero-order valence-corrected chi connectivity index (χ0v) is 16.8. The first-order valence-electron chi connectivity index (χ1n) is 8.85. The highest BCUT2D eigenvalue weighted by Crippen LogP contribution is 2.41. The number of quaternary nitrogens is 1. The molecule has 1 atom stereocenters. The molecule has 0 saturated heterocycles. The van der Waals surface area contributed by atoms with E-state index in [-0.39, 0.29) is 0 Å². The molecule has 3 heterocycles. The van der Waals surface area contributed by atoms with E-state index in [1.165, 1.54) is 16.0 Å². The van der Waals surface area contributed by atoms with Crippen LogP contribution in [-0.2, 0) is 19.6 Å². The highest BCUT2D eigenvalue weighted by Gasteiger charge is 2.22. The molecule has 1 aliphatic heterocycles. The van der Waals surface area contributed by atoms with Crippen LogP contribution in [-0.4, -0.2) is 16.3 Å². The van der Waals surface area contributed by atoms with Crippen molar-refractivity contribution in [2.24, 2.45) is 0 Å². The molecule has 1 aliphatic rings. The van der Waals surface area contributed by atoms with Crippen molar-refractivity contribution >= 4 is 45.2 Å². The molecule has 2 aromatic heterocycles. The maximum absolute atomic E-state index is 6.56. The van der Waals surface area contributed by atoms with E-state index in [0.717, 1.165) is 34.5 Å². The van der Waals surface area contributed by atoms with Gasteiger partial charge < -0.3 is 9.32 Å². The predicted octanol–water partition coefficient (Wildman–Crippen LogP) is 4.34. The Morgan fingerprint density at radius 3 is 2.78 bits per heavy atom. The smallest absolute Gasteiger partial charge is 0.292 e. The van der Waals surface area contributed by atoms with Gasteiger partial charge in [0.15, 0.2) is 6.67 Å². The molecule has 136 valence electrons. The third-order valence-corrected chi connectivity index (χ3v) is 6.97. The normalized spacial score (nSPS) is 16.6. The molecule has 4 nitrogen and oxygen atoms in total. The number of halogens is 1. The fourth-order valence-electron chi connectivity index (χ4n) is 3.64. The number of hydrogen-bond acceptors (Lipinski definition) is 4. The third-order valence-electron chi connectivity index (χ3n) is 5.02. The molecule has 0 fully saturated rings. The zero-order chi connectivity index (χ0) is 18.4. The molecule has 0 amide bonds. The fourth-order valence-corrected chi connectivity index (χ4v) is 5.26. The maximum Gasteiger partial charge on any atom is 0.292 e. The van der Waals surface area contributed by atoms with Crippen molar-refractivity contribution in [2.75, 3.05) is 6.54 Å². The Kier molecular flexibility index (Phi) is 4.36. The van der Waals surface area contributed by atoms with E-state index in [0.29, 0.717) is 22.4 Å². The summed E-state index contributed by atoms with van der Waals surface area (Å²) in [4.78, 5) is 2.65. The van der Waals surface area contributed by atoms with Gasteiger partial charge in [-0.15, -0.1) is 16.4 Å². The van der Waals surface area contributed by atoms with Gasteiger partial charge in [-0.25, -0.2) is 0 Å². The van der Waals surface area contributed by atoms with Crippen LogP contribution in [0.4, 0.5) is 0 Å². The van der Waals surface area contributed by atoms with E-state index in [1.807, 2.05) is 18.2 Å². The van der Waals surface area contributed by atoms with Gasteiger partial charge in [0.05, 0.1) is 11.6 Å².